The van der Waals surface area contributed by atoms with Crippen molar-refractivity contribution in [3.63, 3.8) is 0 Å². The Kier molecular flexibility index (Phi) is 10.1. The summed E-state index contributed by atoms with van der Waals surface area (Å²) in [6.45, 7) is 2.52. The van der Waals surface area contributed by atoms with Crippen LogP contribution in [0.25, 0.3) is 10.8 Å². The number of hydrogen-bond donors (Lipinski definition) is 4. The van der Waals surface area contributed by atoms with Crippen LogP contribution in [0.15, 0.2) is 71.6 Å². The number of amides is 3. The van der Waals surface area contributed by atoms with E-state index in [1.54, 1.807) is 12.1 Å². The van der Waals surface area contributed by atoms with Gasteiger partial charge in [0.15, 0.2) is 0 Å². The van der Waals surface area contributed by atoms with Crippen LogP contribution in [0, 0.1) is 6.92 Å². The Labute approximate surface area is 239 Å². The van der Waals surface area contributed by atoms with Crippen LogP contribution in [0.3, 0.4) is 0 Å². The van der Waals surface area contributed by atoms with Gasteiger partial charge in [-0.15, -0.1) is 0 Å². The predicted octanol–water partition coefficient (Wildman–Crippen LogP) is 1.15. The van der Waals surface area contributed by atoms with E-state index in [1.165, 1.54) is 19.2 Å². The second-order valence-electron chi connectivity index (χ2n) is 9.87. The Morgan fingerprint density at radius 1 is 0.951 bits per heavy atom. The highest BCUT2D eigenvalue weighted by Gasteiger charge is 2.32. The third-order valence-electron chi connectivity index (χ3n) is 6.64. The zero-order valence-electron chi connectivity index (χ0n) is 22.9. The molecule has 0 aliphatic carbocycles. The highest BCUT2D eigenvalue weighted by molar-refractivity contribution is 7.89. The second-order valence-corrected chi connectivity index (χ2v) is 11.6. The molecule has 0 aromatic heterocycles. The minimum Gasteiger partial charge on any atom is -0.382 e. The Hall–Kier alpha value is -3.84. The van der Waals surface area contributed by atoms with Gasteiger partial charge in [0.05, 0.1) is 37.2 Å². The fraction of sp³-hybridized carbons (Fsp3) is 0.345. The van der Waals surface area contributed by atoms with Gasteiger partial charge in [-0.05, 0) is 35.4 Å². The molecule has 4 rings (SSSR count). The zero-order chi connectivity index (χ0) is 29.4. The summed E-state index contributed by atoms with van der Waals surface area (Å²) in [6.07, 6.45) is -0.481. The third-order valence-corrected chi connectivity index (χ3v) is 8.12. The summed E-state index contributed by atoms with van der Waals surface area (Å²) >= 11 is 0. The van der Waals surface area contributed by atoms with E-state index in [1.807, 2.05) is 49.4 Å². The van der Waals surface area contributed by atoms with Gasteiger partial charge in [-0.1, -0.05) is 60.2 Å². The monoisotopic (exact) mass is 582 g/mol. The lowest BCUT2D eigenvalue weighted by Gasteiger charge is -2.28. The molecule has 0 bridgehead atoms. The van der Waals surface area contributed by atoms with E-state index in [9.17, 15) is 22.8 Å². The average Bonchev–Trinajstić information content (AvgIpc) is 2.93. The molecule has 12 heteroatoms. The van der Waals surface area contributed by atoms with Crippen LogP contribution >= 0.6 is 0 Å². The van der Waals surface area contributed by atoms with Gasteiger partial charge in [0.1, 0.15) is 12.1 Å². The van der Waals surface area contributed by atoms with Crippen molar-refractivity contribution >= 4 is 38.5 Å². The number of benzene rings is 3. The molecule has 11 nitrogen and oxygen atoms in total. The summed E-state index contributed by atoms with van der Waals surface area (Å²) in [6, 6.07) is 16.8. The molecule has 1 aliphatic heterocycles. The second kappa shape index (κ2) is 13.7. The number of sulfonamides is 1. The van der Waals surface area contributed by atoms with E-state index >= 15 is 0 Å². The topological polar surface area (TPSA) is 152 Å². The summed E-state index contributed by atoms with van der Waals surface area (Å²) in [4.78, 5) is 39.1. The van der Waals surface area contributed by atoms with Crippen molar-refractivity contribution in [1.29, 1.82) is 0 Å². The largest absolute Gasteiger partial charge is 0.382 e. The van der Waals surface area contributed by atoms with Crippen molar-refractivity contribution in [3.8, 4) is 0 Å². The molecular formula is C29H34N4O7S. The first-order valence-corrected chi connectivity index (χ1v) is 14.6. The van der Waals surface area contributed by atoms with Gasteiger partial charge in [0, 0.05) is 13.7 Å². The Morgan fingerprint density at radius 2 is 1.66 bits per heavy atom. The molecule has 0 spiro atoms. The molecule has 218 valence electrons. The lowest BCUT2D eigenvalue weighted by Crippen LogP contribution is -2.57. The number of carbonyl (C=O) groups excluding carboxylic acids is 3. The van der Waals surface area contributed by atoms with Crippen LogP contribution in [0.5, 0.6) is 0 Å². The molecule has 0 saturated carbocycles. The molecule has 1 aliphatic rings. The van der Waals surface area contributed by atoms with Gasteiger partial charge in [-0.3, -0.25) is 14.4 Å². The number of hydrogen-bond acceptors (Lipinski definition) is 7. The van der Waals surface area contributed by atoms with E-state index in [-0.39, 0.29) is 24.1 Å². The molecular weight excluding hydrogens is 548 g/mol. The van der Waals surface area contributed by atoms with Crippen molar-refractivity contribution in [2.24, 2.45) is 0 Å². The first kappa shape index (κ1) is 30.1. The van der Waals surface area contributed by atoms with Crippen LogP contribution in [0.2, 0.25) is 0 Å². The minimum absolute atomic E-state index is 0.0602. The van der Waals surface area contributed by atoms with Crippen LogP contribution in [-0.4, -0.2) is 71.2 Å². The van der Waals surface area contributed by atoms with Gasteiger partial charge >= 0.3 is 0 Å². The van der Waals surface area contributed by atoms with E-state index < -0.39 is 46.2 Å². The molecule has 1 unspecified atom stereocenters. The number of rotatable bonds is 13. The lowest BCUT2D eigenvalue weighted by molar-refractivity contribution is -0.133. The summed E-state index contributed by atoms with van der Waals surface area (Å²) in [5, 5.41) is 10.1. The number of nitrogens with one attached hydrogen (secondary N) is 4. The first-order valence-electron chi connectivity index (χ1n) is 13.2. The van der Waals surface area contributed by atoms with Gasteiger partial charge in [-0.25, -0.2) is 8.42 Å². The smallest absolute Gasteiger partial charge is 0.245 e. The van der Waals surface area contributed by atoms with E-state index in [4.69, 9.17) is 9.47 Å². The van der Waals surface area contributed by atoms with Crippen LogP contribution in [-0.2, 0) is 40.4 Å². The number of carbonyl (C=O) groups is 3. The number of fused-ring (bicyclic) bond motifs is 1. The Balaban J connectivity index is 1.47. The summed E-state index contributed by atoms with van der Waals surface area (Å²) in [5.41, 5.74) is 1.75. The van der Waals surface area contributed by atoms with E-state index in [0.29, 0.717) is 13.2 Å². The SMILES string of the molecule is COC[C@H](NC(=O)C(CC(=O)NC1COC1)NS(=O)(=O)c1ccc(C)cc1)C(=O)NCc1cccc2ccccc12. The molecule has 4 N–H and O–H groups in total. The molecule has 41 heavy (non-hydrogen) atoms. The maximum absolute atomic E-state index is 13.4. The molecule has 3 aromatic rings. The van der Waals surface area contributed by atoms with Gasteiger partial charge in [-0.2, -0.15) is 4.72 Å². The maximum Gasteiger partial charge on any atom is 0.245 e. The number of aryl methyl sites for hydroxylation is 1. The number of ether oxygens (including phenoxy) is 2. The first-order chi connectivity index (χ1) is 19.7. The van der Waals surface area contributed by atoms with Crippen molar-refractivity contribution in [1.82, 2.24) is 20.7 Å². The van der Waals surface area contributed by atoms with E-state index in [0.717, 1.165) is 21.9 Å². The molecule has 0 radical (unpaired) electrons. The summed E-state index contributed by atoms with van der Waals surface area (Å²) in [5.74, 6) is -1.90. The highest BCUT2D eigenvalue weighted by Crippen LogP contribution is 2.18. The van der Waals surface area contributed by atoms with Crippen LogP contribution in [0.4, 0.5) is 0 Å². The molecule has 1 saturated heterocycles. The summed E-state index contributed by atoms with van der Waals surface area (Å²) in [7, 11) is -2.79. The quantitative estimate of drug-likeness (QED) is 0.236. The van der Waals surface area contributed by atoms with Crippen molar-refractivity contribution in [3.05, 3.63) is 77.9 Å². The van der Waals surface area contributed by atoms with Crippen molar-refractivity contribution in [2.75, 3.05) is 26.9 Å². The lowest BCUT2D eigenvalue weighted by atomic mass is 10.0. The minimum atomic E-state index is -4.17. The summed E-state index contributed by atoms with van der Waals surface area (Å²) < 4.78 is 38.7. The molecule has 3 aromatic carbocycles. The molecule has 1 heterocycles. The van der Waals surface area contributed by atoms with Gasteiger partial charge < -0.3 is 25.4 Å². The standard InChI is InChI=1S/C29H34N4O7S/c1-19-10-12-23(13-11-19)41(37,38)33-25(14-27(34)31-22-16-40-17-22)29(36)32-26(18-39-2)28(35)30-15-21-8-5-7-20-6-3-4-9-24(20)21/h3-13,22,25-26,33H,14-18H2,1-2H3,(H,30,35)(H,31,34)(H,32,36)/t25?,26-/m0/s1. The predicted molar refractivity (Wildman–Crippen MR) is 152 cm³/mol. The normalized spacial score (nSPS) is 15.0. The Bertz CT molecular complexity index is 1490. The fourth-order valence-electron chi connectivity index (χ4n) is 4.33. The van der Waals surface area contributed by atoms with Crippen molar-refractivity contribution in [2.45, 2.75) is 42.9 Å². The van der Waals surface area contributed by atoms with Crippen molar-refractivity contribution < 1.29 is 32.3 Å². The highest BCUT2D eigenvalue weighted by atomic mass is 32.2. The maximum atomic E-state index is 13.4. The molecule has 3 amide bonds. The average molecular weight is 583 g/mol. The van der Waals surface area contributed by atoms with Crippen LogP contribution < -0.4 is 20.7 Å². The van der Waals surface area contributed by atoms with Crippen LogP contribution in [0.1, 0.15) is 17.5 Å². The van der Waals surface area contributed by atoms with E-state index in [2.05, 4.69) is 20.7 Å². The molecule has 2 atom stereocenters. The third kappa shape index (κ3) is 8.10. The Morgan fingerprint density at radius 3 is 2.34 bits per heavy atom. The van der Waals surface area contributed by atoms with Gasteiger partial charge in [0.2, 0.25) is 27.7 Å². The fourth-order valence-corrected chi connectivity index (χ4v) is 5.52. The zero-order valence-corrected chi connectivity index (χ0v) is 23.7. The molecule has 1 fully saturated rings. The number of methoxy groups -OCH3 is 1. The van der Waals surface area contributed by atoms with Gasteiger partial charge in [0.25, 0.3) is 0 Å².